The lowest BCUT2D eigenvalue weighted by atomic mass is 9.89. The normalized spacial score (nSPS) is 22.1. The van der Waals surface area contributed by atoms with E-state index in [-0.39, 0.29) is 17.8 Å². The molecule has 32 heavy (non-hydrogen) atoms. The maximum absolute atomic E-state index is 13.3. The lowest BCUT2D eigenvalue weighted by molar-refractivity contribution is -0.125. The fraction of sp³-hybridized carbons (Fsp3) is 0.500. The van der Waals surface area contributed by atoms with Crippen molar-refractivity contribution in [2.45, 2.75) is 61.3 Å². The Morgan fingerprint density at radius 3 is 2.62 bits per heavy atom. The molecule has 0 bridgehead atoms. The molecule has 4 rings (SSSR count). The van der Waals surface area contributed by atoms with Crippen LogP contribution in [0.15, 0.2) is 53.4 Å². The van der Waals surface area contributed by atoms with Crippen molar-refractivity contribution in [1.29, 1.82) is 0 Å². The van der Waals surface area contributed by atoms with Gasteiger partial charge in [-0.1, -0.05) is 37.5 Å². The highest BCUT2D eigenvalue weighted by molar-refractivity contribution is 8.00. The maximum atomic E-state index is 13.3. The van der Waals surface area contributed by atoms with E-state index in [1.807, 2.05) is 36.4 Å². The summed E-state index contributed by atoms with van der Waals surface area (Å²) < 4.78 is 18.7. The van der Waals surface area contributed by atoms with Crippen LogP contribution in [0.5, 0.6) is 5.75 Å². The van der Waals surface area contributed by atoms with Gasteiger partial charge < -0.3 is 10.1 Å². The summed E-state index contributed by atoms with van der Waals surface area (Å²) in [6.07, 6.45) is 7.28. The predicted octanol–water partition coefficient (Wildman–Crippen LogP) is 5.27. The number of hydrogen-bond acceptors (Lipinski definition) is 4. The second-order valence-corrected chi connectivity index (χ2v) is 10.3. The van der Waals surface area contributed by atoms with Gasteiger partial charge in [0.1, 0.15) is 11.6 Å². The van der Waals surface area contributed by atoms with E-state index in [1.54, 1.807) is 18.9 Å². The fourth-order valence-electron chi connectivity index (χ4n) is 4.98. The minimum absolute atomic E-state index is 0.0916. The first-order valence-electron chi connectivity index (χ1n) is 11.7. The van der Waals surface area contributed by atoms with Crippen LogP contribution < -0.4 is 10.1 Å². The highest BCUT2D eigenvalue weighted by Crippen LogP contribution is 2.35. The standard InChI is InChI=1S/C26H33FN2O2S/c1-31-25-10-6-5-9-20(25)16-28-26(30)24-15-23(32-22-13-11-21(27)12-14-22)18-29(24)17-19-7-3-2-4-8-19/h5-6,9-14,19,23-24H,2-4,7-8,15-18H2,1H3,(H,28,30)/t23-,24+/m1/s1. The Bertz CT molecular complexity index is 886. The van der Waals surface area contributed by atoms with Gasteiger partial charge in [-0.15, -0.1) is 11.8 Å². The number of likely N-dealkylation sites (tertiary alicyclic amines) is 1. The number of ether oxygens (including phenoxy) is 1. The molecule has 2 aromatic rings. The molecule has 1 aliphatic carbocycles. The van der Waals surface area contributed by atoms with Crippen LogP contribution in [-0.2, 0) is 11.3 Å². The van der Waals surface area contributed by atoms with E-state index in [9.17, 15) is 9.18 Å². The number of carbonyl (C=O) groups is 1. The number of benzene rings is 2. The van der Waals surface area contributed by atoms with Crippen LogP contribution >= 0.6 is 11.8 Å². The number of amides is 1. The molecule has 0 radical (unpaired) electrons. The molecule has 1 amide bonds. The Morgan fingerprint density at radius 1 is 1.12 bits per heavy atom. The molecule has 2 aromatic carbocycles. The van der Waals surface area contributed by atoms with Crippen LogP contribution in [0.25, 0.3) is 0 Å². The lowest BCUT2D eigenvalue weighted by Crippen LogP contribution is -2.44. The van der Waals surface area contributed by atoms with Gasteiger partial charge in [-0.05, 0) is 55.5 Å². The molecule has 0 unspecified atom stereocenters. The molecule has 1 N–H and O–H groups in total. The zero-order valence-electron chi connectivity index (χ0n) is 18.8. The third-order valence-corrected chi connectivity index (χ3v) is 7.87. The molecule has 1 aliphatic heterocycles. The van der Waals surface area contributed by atoms with Gasteiger partial charge in [-0.3, -0.25) is 9.69 Å². The number of thioether (sulfide) groups is 1. The Balaban J connectivity index is 1.41. The van der Waals surface area contributed by atoms with Gasteiger partial charge >= 0.3 is 0 Å². The summed E-state index contributed by atoms with van der Waals surface area (Å²) in [5.74, 6) is 1.35. The molecule has 2 fully saturated rings. The van der Waals surface area contributed by atoms with E-state index < -0.39 is 0 Å². The number of nitrogens with one attached hydrogen (secondary N) is 1. The van der Waals surface area contributed by atoms with Crippen LogP contribution in [0.3, 0.4) is 0 Å². The zero-order chi connectivity index (χ0) is 22.3. The predicted molar refractivity (Wildman–Crippen MR) is 127 cm³/mol. The number of halogens is 1. The molecule has 2 aliphatic rings. The van der Waals surface area contributed by atoms with Crippen LogP contribution in [0.4, 0.5) is 4.39 Å². The van der Waals surface area contributed by atoms with E-state index in [4.69, 9.17) is 4.74 Å². The van der Waals surface area contributed by atoms with Crippen LogP contribution in [-0.4, -0.2) is 42.3 Å². The Labute approximate surface area is 194 Å². The highest BCUT2D eigenvalue weighted by Gasteiger charge is 2.38. The van der Waals surface area contributed by atoms with Gasteiger partial charge in [0.25, 0.3) is 0 Å². The number of rotatable bonds is 8. The smallest absolute Gasteiger partial charge is 0.237 e. The third kappa shape index (κ3) is 6.04. The van der Waals surface area contributed by atoms with Crippen LogP contribution in [0.2, 0.25) is 0 Å². The van der Waals surface area contributed by atoms with E-state index in [1.165, 1.54) is 44.2 Å². The monoisotopic (exact) mass is 456 g/mol. The van der Waals surface area contributed by atoms with Gasteiger partial charge in [-0.25, -0.2) is 4.39 Å². The molecular weight excluding hydrogens is 423 g/mol. The summed E-state index contributed by atoms with van der Waals surface area (Å²) in [4.78, 5) is 16.7. The molecule has 1 heterocycles. The molecule has 4 nitrogen and oxygen atoms in total. The van der Waals surface area contributed by atoms with Gasteiger partial charge in [-0.2, -0.15) is 0 Å². The average Bonchev–Trinajstić information content (AvgIpc) is 3.22. The van der Waals surface area contributed by atoms with Crippen molar-refractivity contribution >= 4 is 17.7 Å². The molecule has 2 atom stereocenters. The second kappa shape index (κ2) is 11.2. The van der Waals surface area contributed by atoms with E-state index in [0.717, 1.165) is 35.7 Å². The van der Waals surface area contributed by atoms with Gasteiger partial charge in [0.05, 0.1) is 13.2 Å². The molecule has 172 valence electrons. The lowest BCUT2D eigenvalue weighted by Gasteiger charge is -2.30. The Kier molecular flexibility index (Phi) is 8.09. The van der Waals surface area contributed by atoms with Crippen molar-refractivity contribution in [3.63, 3.8) is 0 Å². The summed E-state index contributed by atoms with van der Waals surface area (Å²) >= 11 is 1.76. The second-order valence-electron chi connectivity index (χ2n) is 8.93. The van der Waals surface area contributed by atoms with Gasteiger partial charge in [0.15, 0.2) is 0 Å². The van der Waals surface area contributed by atoms with E-state index in [0.29, 0.717) is 17.7 Å². The number of para-hydroxylation sites is 1. The van der Waals surface area contributed by atoms with Crippen molar-refractivity contribution < 1.29 is 13.9 Å². The summed E-state index contributed by atoms with van der Waals surface area (Å²) in [5.41, 5.74) is 0.984. The number of hydrogen-bond donors (Lipinski definition) is 1. The number of carbonyl (C=O) groups excluding carboxylic acids is 1. The number of methoxy groups -OCH3 is 1. The van der Waals surface area contributed by atoms with Crippen molar-refractivity contribution in [1.82, 2.24) is 10.2 Å². The van der Waals surface area contributed by atoms with Crippen molar-refractivity contribution in [2.24, 2.45) is 5.92 Å². The van der Waals surface area contributed by atoms with Gasteiger partial charge in [0, 0.05) is 35.3 Å². The molecule has 0 aromatic heterocycles. The SMILES string of the molecule is COc1ccccc1CNC(=O)[C@@H]1C[C@@H](Sc2ccc(F)cc2)CN1CC1CCCCC1. The first-order chi connectivity index (χ1) is 15.6. The molecule has 6 heteroatoms. The third-order valence-electron chi connectivity index (χ3n) is 6.65. The molecule has 1 saturated carbocycles. The molecular formula is C26H33FN2O2S. The summed E-state index contributed by atoms with van der Waals surface area (Å²) in [6.45, 7) is 2.35. The largest absolute Gasteiger partial charge is 0.496 e. The van der Waals surface area contributed by atoms with Crippen molar-refractivity contribution in [3.8, 4) is 5.75 Å². The number of nitrogens with zero attached hydrogens (tertiary/aromatic N) is 1. The zero-order valence-corrected chi connectivity index (χ0v) is 19.6. The first-order valence-corrected chi connectivity index (χ1v) is 12.6. The Morgan fingerprint density at radius 2 is 1.88 bits per heavy atom. The van der Waals surface area contributed by atoms with Crippen LogP contribution in [0, 0.1) is 11.7 Å². The fourth-order valence-corrected chi connectivity index (χ4v) is 6.20. The summed E-state index contributed by atoms with van der Waals surface area (Å²) in [5, 5.41) is 3.48. The summed E-state index contributed by atoms with van der Waals surface area (Å²) in [6, 6.07) is 14.4. The van der Waals surface area contributed by atoms with Crippen molar-refractivity contribution in [2.75, 3.05) is 20.2 Å². The van der Waals surface area contributed by atoms with Crippen LogP contribution in [0.1, 0.15) is 44.1 Å². The Hall–Kier alpha value is -2.05. The minimum atomic E-state index is -0.215. The minimum Gasteiger partial charge on any atom is -0.496 e. The topological polar surface area (TPSA) is 41.6 Å². The average molecular weight is 457 g/mol. The molecule has 1 saturated heterocycles. The molecule has 0 spiro atoms. The van der Waals surface area contributed by atoms with E-state index >= 15 is 0 Å². The van der Waals surface area contributed by atoms with E-state index in [2.05, 4.69) is 10.2 Å². The summed E-state index contributed by atoms with van der Waals surface area (Å²) in [7, 11) is 1.65. The van der Waals surface area contributed by atoms with Crippen molar-refractivity contribution in [3.05, 3.63) is 59.9 Å². The maximum Gasteiger partial charge on any atom is 0.237 e. The van der Waals surface area contributed by atoms with Gasteiger partial charge in [0.2, 0.25) is 5.91 Å². The quantitative estimate of drug-likeness (QED) is 0.588. The highest BCUT2D eigenvalue weighted by atomic mass is 32.2. The first kappa shape index (κ1) is 23.1.